The molecule has 20 heavy (non-hydrogen) atoms. The Morgan fingerprint density at radius 3 is 2.65 bits per heavy atom. The van der Waals surface area contributed by atoms with Crippen molar-refractivity contribution in [1.82, 2.24) is 15.1 Å². The molecule has 0 amide bonds. The number of hydrogen-bond acceptors (Lipinski definition) is 3. The number of aliphatic carboxylic acids is 1. The molecule has 0 fully saturated rings. The average molecular weight is 273 g/mol. The third kappa shape index (κ3) is 4.51. The van der Waals surface area contributed by atoms with Gasteiger partial charge in [-0.25, -0.2) is 0 Å². The fourth-order valence-corrected chi connectivity index (χ4v) is 2.00. The molecular formula is C15H19N3O2. The van der Waals surface area contributed by atoms with Gasteiger partial charge in [-0.3, -0.25) is 9.48 Å². The van der Waals surface area contributed by atoms with Crippen LogP contribution >= 0.6 is 0 Å². The van der Waals surface area contributed by atoms with Crippen molar-refractivity contribution >= 4 is 5.97 Å². The van der Waals surface area contributed by atoms with Crippen molar-refractivity contribution in [2.75, 3.05) is 0 Å². The first-order valence-corrected chi connectivity index (χ1v) is 6.64. The van der Waals surface area contributed by atoms with Gasteiger partial charge in [-0.15, -0.1) is 0 Å². The number of benzene rings is 1. The topological polar surface area (TPSA) is 67.2 Å². The van der Waals surface area contributed by atoms with E-state index < -0.39 is 5.97 Å². The molecule has 2 rings (SSSR count). The van der Waals surface area contributed by atoms with Crippen LogP contribution in [0.5, 0.6) is 0 Å². The van der Waals surface area contributed by atoms with Gasteiger partial charge in [0.15, 0.2) is 0 Å². The zero-order valence-corrected chi connectivity index (χ0v) is 11.5. The Balaban J connectivity index is 1.80. The lowest BCUT2D eigenvalue weighted by Gasteiger charge is -2.14. The van der Waals surface area contributed by atoms with E-state index in [0.29, 0.717) is 6.04 Å². The summed E-state index contributed by atoms with van der Waals surface area (Å²) >= 11 is 0. The van der Waals surface area contributed by atoms with Crippen LogP contribution in [-0.4, -0.2) is 26.9 Å². The Labute approximate surface area is 118 Å². The van der Waals surface area contributed by atoms with Gasteiger partial charge in [0.05, 0.1) is 13.0 Å². The molecule has 0 aliphatic heterocycles. The summed E-state index contributed by atoms with van der Waals surface area (Å²) in [4.78, 5) is 10.6. The van der Waals surface area contributed by atoms with Gasteiger partial charge in [0.2, 0.25) is 0 Å². The van der Waals surface area contributed by atoms with Crippen molar-refractivity contribution in [2.45, 2.75) is 32.5 Å². The minimum atomic E-state index is -0.802. The highest BCUT2D eigenvalue weighted by Crippen LogP contribution is 2.05. The van der Waals surface area contributed by atoms with E-state index in [-0.39, 0.29) is 6.42 Å². The fraction of sp³-hybridized carbons (Fsp3) is 0.333. The monoisotopic (exact) mass is 273 g/mol. The molecule has 1 aromatic carbocycles. The molecule has 1 aromatic heterocycles. The summed E-state index contributed by atoms with van der Waals surface area (Å²) < 4.78 is 1.90. The number of carbonyl (C=O) groups is 1. The lowest BCUT2D eigenvalue weighted by molar-refractivity contribution is -0.136. The molecule has 1 atom stereocenters. The van der Waals surface area contributed by atoms with E-state index in [1.165, 1.54) is 0 Å². The molecule has 1 unspecified atom stereocenters. The van der Waals surface area contributed by atoms with Crippen molar-refractivity contribution in [3.63, 3.8) is 0 Å². The molecular weight excluding hydrogens is 254 g/mol. The molecule has 0 saturated carbocycles. The lowest BCUT2D eigenvalue weighted by Crippen LogP contribution is -2.30. The first kappa shape index (κ1) is 14.3. The number of nitrogens with one attached hydrogen (secondary N) is 1. The van der Waals surface area contributed by atoms with Crippen molar-refractivity contribution in [1.29, 1.82) is 0 Å². The van der Waals surface area contributed by atoms with Crippen molar-refractivity contribution < 1.29 is 9.90 Å². The SMILES string of the molecule is CC(Cn1cccn1)NCc1ccc(CC(=O)O)cc1. The maximum atomic E-state index is 10.6. The fourth-order valence-electron chi connectivity index (χ4n) is 2.00. The summed E-state index contributed by atoms with van der Waals surface area (Å²) in [5.41, 5.74) is 1.97. The standard InChI is InChI=1S/C15H19N3O2/c1-12(11-18-8-2-7-17-18)16-10-14-5-3-13(4-6-14)9-15(19)20/h2-8,12,16H,9-11H2,1H3,(H,19,20). The summed E-state index contributed by atoms with van der Waals surface area (Å²) in [6, 6.07) is 9.88. The van der Waals surface area contributed by atoms with Crippen molar-refractivity contribution in [3.05, 3.63) is 53.9 Å². The van der Waals surface area contributed by atoms with Crippen LogP contribution in [0.1, 0.15) is 18.1 Å². The third-order valence-electron chi connectivity index (χ3n) is 3.05. The number of carboxylic acid groups (broad SMARTS) is 1. The second-order valence-electron chi connectivity index (χ2n) is 4.90. The smallest absolute Gasteiger partial charge is 0.307 e. The van der Waals surface area contributed by atoms with E-state index in [0.717, 1.165) is 24.2 Å². The van der Waals surface area contributed by atoms with Gasteiger partial charge >= 0.3 is 5.97 Å². The minimum absolute atomic E-state index is 0.0728. The predicted molar refractivity (Wildman–Crippen MR) is 76.3 cm³/mol. The summed E-state index contributed by atoms with van der Waals surface area (Å²) in [5.74, 6) is -0.802. The summed E-state index contributed by atoms with van der Waals surface area (Å²) in [5, 5.41) is 16.3. The number of nitrogens with zero attached hydrogens (tertiary/aromatic N) is 2. The normalized spacial score (nSPS) is 12.2. The molecule has 5 heteroatoms. The van der Waals surface area contributed by atoms with Gasteiger partial charge in [0.25, 0.3) is 0 Å². The van der Waals surface area contributed by atoms with Crippen LogP contribution in [-0.2, 0) is 24.3 Å². The lowest BCUT2D eigenvalue weighted by atomic mass is 10.1. The van der Waals surface area contributed by atoms with Gasteiger partial charge in [0, 0.05) is 25.0 Å². The van der Waals surface area contributed by atoms with Crippen LogP contribution in [0.4, 0.5) is 0 Å². The highest BCUT2D eigenvalue weighted by Gasteiger charge is 2.04. The van der Waals surface area contributed by atoms with Gasteiger partial charge in [-0.05, 0) is 24.1 Å². The van der Waals surface area contributed by atoms with Gasteiger partial charge in [0.1, 0.15) is 0 Å². The molecule has 0 radical (unpaired) electrons. The Morgan fingerprint density at radius 2 is 2.05 bits per heavy atom. The van der Waals surface area contributed by atoms with E-state index in [9.17, 15) is 4.79 Å². The molecule has 1 heterocycles. The van der Waals surface area contributed by atoms with Gasteiger partial charge in [-0.2, -0.15) is 5.10 Å². The average Bonchev–Trinajstić information content (AvgIpc) is 2.90. The zero-order chi connectivity index (χ0) is 14.4. The maximum absolute atomic E-state index is 10.6. The molecule has 0 saturated heterocycles. The highest BCUT2D eigenvalue weighted by molar-refractivity contribution is 5.70. The highest BCUT2D eigenvalue weighted by atomic mass is 16.4. The Bertz CT molecular complexity index is 535. The molecule has 106 valence electrons. The molecule has 2 N–H and O–H groups in total. The summed E-state index contributed by atoms with van der Waals surface area (Å²) in [6.45, 7) is 3.69. The Morgan fingerprint density at radius 1 is 1.35 bits per heavy atom. The van der Waals surface area contributed by atoms with Gasteiger partial charge in [-0.1, -0.05) is 24.3 Å². The van der Waals surface area contributed by atoms with Crippen LogP contribution in [0.25, 0.3) is 0 Å². The molecule has 0 bridgehead atoms. The first-order chi connectivity index (χ1) is 9.63. The van der Waals surface area contributed by atoms with Crippen molar-refractivity contribution in [2.24, 2.45) is 0 Å². The van der Waals surface area contributed by atoms with Gasteiger partial charge < -0.3 is 10.4 Å². The molecule has 2 aromatic rings. The maximum Gasteiger partial charge on any atom is 0.307 e. The summed E-state index contributed by atoms with van der Waals surface area (Å²) in [7, 11) is 0. The van der Waals surface area contributed by atoms with Crippen LogP contribution in [0.15, 0.2) is 42.7 Å². The van der Waals surface area contributed by atoms with Crippen LogP contribution in [0, 0.1) is 0 Å². The van der Waals surface area contributed by atoms with E-state index in [1.54, 1.807) is 6.20 Å². The van der Waals surface area contributed by atoms with Crippen LogP contribution in [0.3, 0.4) is 0 Å². The van der Waals surface area contributed by atoms with E-state index in [2.05, 4.69) is 17.3 Å². The molecule has 0 aliphatic rings. The second-order valence-corrected chi connectivity index (χ2v) is 4.90. The van der Waals surface area contributed by atoms with E-state index in [4.69, 9.17) is 5.11 Å². The zero-order valence-electron chi connectivity index (χ0n) is 11.5. The largest absolute Gasteiger partial charge is 0.481 e. The quantitative estimate of drug-likeness (QED) is 0.805. The number of hydrogen-bond donors (Lipinski definition) is 2. The van der Waals surface area contributed by atoms with Crippen molar-refractivity contribution in [3.8, 4) is 0 Å². The van der Waals surface area contributed by atoms with Crippen LogP contribution < -0.4 is 5.32 Å². The Hall–Kier alpha value is -2.14. The molecule has 0 spiro atoms. The molecule has 5 nitrogen and oxygen atoms in total. The summed E-state index contributed by atoms with van der Waals surface area (Å²) in [6.07, 6.45) is 3.79. The van der Waals surface area contributed by atoms with E-state index in [1.807, 2.05) is 41.2 Å². The predicted octanol–water partition coefficient (Wildman–Crippen LogP) is 1.69. The second kappa shape index (κ2) is 6.86. The third-order valence-corrected chi connectivity index (χ3v) is 3.05. The molecule has 0 aliphatic carbocycles. The van der Waals surface area contributed by atoms with Crippen LogP contribution in [0.2, 0.25) is 0 Å². The number of aromatic nitrogens is 2. The Kier molecular flexibility index (Phi) is 4.90. The minimum Gasteiger partial charge on any atom is -0.481 e. The number of rotatable bonds is 7. The number of carboxylic acids is 1. The first-order valence-electron chi connectivity index (χ1n) is 6.64. The van der Waals surface area contributed by atoms with E-state index >= 15 is 0 Å².